The Bertz CT molecular complexity index is 1020. The summed E-state index contributed by atoms with van der Waals surface area (Å²) in [6.07, 6.45) is 3.06. The summed E-state index contributed by atoms with van der Waals surface area (Å²) in [5.41, 5.74) is 3.45. The van der Waals surface area contributed by atoms with Crippen LogP contribution in [0.1, 0.15) is 36.2 Å². The first-order chi connectivity index (χ1) is 13.9. The summed E-state index contributed by atoms with van der Waals surface area (Å²) in [4.78, 5) is 21.4. The molecule has 1 amide bonds. The van der Waals surface area contributed by atoms with Gasteiger partial charge in [-0.25, -0.2) is 0 Å². The van der Waals surface area contributed by atoms with Gasteiger partial charge in [-0.2, -0.15) is 0 Å². The summed E-state index contributed by atoms with van der Waals surface area (Å²) in [6.45, 7) is 9.43. The molecule has 2 fully saturated rings. The zero-order chi connectivity index (χ0) is 20.1. The van der Waals surface area contributed by atoms with E-state index < -0.39 is 0 Å². The maximum atomic E-state index is 13.5. The number of likely N-dealkylation sites (tertiary alicyclic amines) is 2. The summed E-state index contributed by atoms with van der Waals surface area (Å²) in [6, 6.07) is 18.8. The number of aromatic amines is 1. The lowest BCUT2D eigenvalue weighted by molar-refractivity contribution is -0.0662. The Balaban J connectivity index is 1.38. The lowest BCUT2D eigenvalue weighted by atomic mass is 9.65. The van der Waals surface area contributed by atoms with Crippen LogP contribution in [-0.4, -0.2) is 46.9 Å². The fourth-order valence-electron chi connectivity index (χ4n) is 5.98. The van der Waals surface area contributed by atoms with Crippen molar-refractivity contribution in [1.82, 2.24) is 14.8 Å². The van der Waals surface area contributed by atoms with E-state index in [2.05, 4.69) is 59.0 Å². The Morgan fingerprint density at radius 3 is 2.31 bits per heavy atom. The van der Waals surface area contributed by atoms with E-state index in [0.717, 1.165) is 49.2 Å². The standard InChI is InChI=1S/C25H29N3O/c1-24-14-25(2,16-27(15-24)13-19-8-4-3-5-9-19)18-28(17-24)23(29)21-12-26-22-11-7-6-10-20(21)22/h3-12,26H,13-18H2,1-2H3/t24-,25+. The average molecular weight is 388 g/mol. The van der Waals surface area contributed by atoms with Crippen LogP contribution in [0.4, 0.5) is 0 Å². The topological polar surface area (TPSA) is 39.3 Å². The van der Waals surface area contributed by atoms with Gasteiger partial charge in [-0.15, -0.1) is 0 Å². The van der Waals surface area contributed by atoms with Crippen molar-refractivity contribution in [2.75, 3.05) is 26.2 Å². The number of nitrogens with one attached hydrogen (secondary N) is 1. The molecular formula is C25H29N3O. The van der Waals surface area contributed by atoms with E-state index in [1.807, 2.05) is 30.5 Å². The molecule has 2 aliphatic heterocycles. The quantitative estimate of drug-likeness (QED) is 0.716. The van der Waals surface area contributed by atoms with Crippen molar-refractivity contribution >= 4 is 16.8 Å². The van der Waals surface area contributed by atoms with E-state index in [1.54, 1.807) is 0 Å². The monoisotopic (exact) mass is 387 g/mol. The highest BCUT2D eigenvalue weighted by Gasteiger charge is 2.49. The van der Waals surface area contributed by atoms with E-state index in [0.29, 0.717) is 0 Å². The van der Waals surface area contributed by atoms with Gasteiger partial charge in [-0.05, 0) is 28.9 Å². The van der Waals surface area contributed by atoms with Crippen LogP contribution in [0.5, 0.6) is 0 Å². The first-order valence-corrected chi connectivity index (χ1v) is 10.5. The molecule has 0 radical (unpaired) electrons. The SMILES string of the molecule is C[C@]12CN(Cc3ccccc3)C[C@](C)(CN(C(=O)c3c[nH]c4ccccc34)C1)C2. The van der Waals surface area contributed by atoms with Gasteiger partial charge in [-0.3, -0.25) is 9.69 Å². The van der Waals surface area contributed by atoms with Crippen LogP contribution in [0.15, 0.2) is 60.8 Å². The smallest absolute Gasteiger partial charge is 0.256 e. The number of hydrogen-bond donors (Lipinski definition) is 1. The van der Waals surface area contributed by atoms with Gasteiger partial charge in [0.2, 0.25) is 0 Å². The highest BCUT2D eigenvalue weighted by Crippen LogP contribution is 2.46. The zero-order valence-electron chi connectivity index (χ0n) is 17.3. The van der Waals surface area contributed by atoms with Gasteiger partial charge < -0.3 is 9.88 Å². The molecule has 29 heavy (non-hydrogen) atoms. The van der Waals surface area contributed by atoms with Crippen molar-refractivity contribution in [3.05, 3.63) is 71.9 Å². The molecule has 2 aromatic carbocycles. The summed E-state index contributed by atoms with van der Waals surface area (Å²) >= 11 is 0. The van der Waals surface area contributed by atoms with Crippen LogP contribution < -0.4 is 0 Å². The second-order valence-electron chi connectivity index (χ2n) is 9.84. The lowest BCUT2D eigenvalue weighted by Gasteiger charge is -2.56. The molecule has 4 nitrogen and oxygen atoms in total. The number of benzene rings is 2. The van der Waals surface area contributed by atoms with E-state index in [-0.39, 0.29) is 16.7 Å². The summed E-state index contributed by atoms with van der Waals surface area (Å²) in [5.74, 6) is 0.163. The predicted molar refractivity (Wildman–Crippen MR) is 117 cm³/mol. The van der Waals surface area contributed by atoms with E-state index in [1.165, 1.54) is 12.0 Å². The van der Waals surface area contributed by atoms with Crippen molar-refractivity contribution in [3.63, 3.8) is 0 Å². The van der Waals surface area contributed by atoms with Gasteiger partial charge >= 0.3 is 0 Å². The van der Waals surface area contributed by atoms with Crippen molar-refractivity contribution in [2.45, 2.75) is 26.8 Å². The minimum atomic E-state index is 0.127. The molecule has 2 atom stereocenters. The van der Waals surface area contributed by atoms with Crippen molar-refractivity contribution in [1.29, 1.82) is 0 Å². The molecule has 0 spiro atoms. The molecular weight excluding hydrogens is 358 g/mol. The second kappa shape index (κ2) is 6.74. The lowest BCUT2D eigenvalue weighted by Crippen LogP contribution is -2.62. The van der Waals surface area contributed by atoms with Gasteiger partial charge in [0, 0.05) is 49.8 Å². The third-order valence-corrected chi connectivity index (χ3v) is 6.57. The van der Waals surface area contributed by atoms with Gasteiger partial charge in [0.25, 0.3) is 5.91 Å². The number of piperidine rings is 2. The first-order valence-electron chi connectivity index (χ1n) is 10.5. The molecule has 3 aromatic rings. The molecule has 2 bridgehead atoms. The number of hydrogen-bond acceptors (Lipinski definition) is 2. The Labute approximate surface area is 172 Å². The highest BCUT2D eigenvalue weighted by atomic mass is 16.2. The molecule has 1 N–H and O–H groups in total. The van der Waals surface area contributed by atoms with Gasteiger partial charge in [0.15, 0.2) is 0 Å². The number of rotatable bonds is 3. The number of amides is 1. The van der Waals surface area contributed by atoms with Crippen LogP contribution in [-0.2, 0) is 6.54 Å². The van der Waals surface area contributed by atoms with Crippen LogP contribution in [0.2, 0.25) is 0 Å². The number of carbonyl (C=O) groups is 1. The maximum Gasteiger partial charge on any atom is 0.256 e. The normalized spacial score (nSPS) is 27.3. The van der Waals surface area contributed by atoms with Crippen molar-refractivity contribution < 1.29 is 4.79 Å². The Kier molecular flexibility index (Phi) is 4.28. The van der Waals surface area contributed by atoms with E-state index in [4.69, 9.17) is 0 Å². The molecule has 2 saturated heterocycles. The van der Waals surface area contributed by atoms with Crippen LogP contribution >= 0.6 is 0 Å². The number of H-pyrrole nitrogens is 1. The molecule has 150 valence electrons. The fraction of sp³-hybridized carbons (Fsp3) is 0.400. The molecule has 3 heterocycles. The molecule has 1 aromatic heterocycles. The molecule has 5 rings (SSSR count). The molecule has 0 saturated carbocycles. The third-order valence-electron chi connectivity index (χ3n) is 6.57. The fourth-order valence-corrected chi connectivity index (χ4v) is 5.98. The van der Waals surface area contributed by atoms with Gasteiger partial charge in [0.1, 0.15) is 0 Å². The van der Waals surface area contributed by atoms with Gasteiger partial charge in [-0.1, -0.05) is 62.4 Å². The number of aromatic nitrogens is 1. The minimum Gasteiger partial charge on any atom is -0.360 e. The van der Waals surface area contributed by atoms with E-state index in [9.17, 15) is 4.79 Å². The first kappa shape index (κ1) is 18.4. The Hall–Kier alpha value is -2.59. The predicted octanol–water partition coefficient (Wildman–Crippen LogP) is 4.54. The number of fused-ring (bicyclic) bond motifs is 3. The largest absolute Gasteiger partial charge is 0.360 e. The Morgan fingerprint density at radius 2 is 1.59 bits per heavy atom. The number of carbonyl (C=O) groups excluding carboxylic acids is 1. The number of para-hydroxylation sites is 1. The highest BCUT2D eigenvalue weighted by molar-refractivity contribution is 6.06. The van der Waals surface area contributed by atoms with E-state index >= 15 is 0 Å². The summed E-state index contributed by atoms with van der Waals surface area (Å²) < 4.78 is 0. The summed E-state index contributed by atoms with van der Waals surface area (Å²) in [5, 5.41) is 1.02. The zero-order valence-corrected chi connectivity index (χ0v) is 17.3. The average Bonchev–Trinajstić information content (AvgIpc) is 3.10. The summed E-state index contributed by atoms with van der Waals surface area (Å²) in [7, 11) is 0. The number of nitrogens with zero attached hydrogens (tertiary/aromatic N) is 2. The van der Waals surface area contributed by atoms with Crippen LogP contribution in [0.3, 0.4) is 0 Å². The second-order valence-corrected chi connectivity index (χ2v) is 9.84. The molecule has 2 aliphatic rings. The van der Waals surface area contributed by atoms with Crippen LogP contribution in [0.25, 0.3) is 10.9 Å². The maximum absolute atomic E-state index is 13.5. The van der Waals surface area contributed by atoms with Crippen LogP contribution in [0, 0.1) is 10.8 Å². The minimum absolute atomic E-state index is 0.127. The third kappa shape index (κ3) is 3.46. The van der Waals surface area contributed by atoms with Crippen molar-refractivity contribution in [3.8, 4) is 0 Å². The van der Waals surface area contributed by atoms with Gasteiger partial charge in [0.05, 0.1) is 5.56 Å². The van der Waals surface area contributed by atoms with Crippen molar-refractivity contribution in [2.24, 2.45) is 10.8 Å². The molecule has 4 heteroatoms. The Morgan fingerprint density at radius 1 is 0.931 bits per heavy atom. The molecule has 0 unspecified atom stereocenters. The molecule has 0 aliphatic carbocycles.